The molecule has 0 radical (unpaired) electrons. The van der Waals surface area contributed by atoms with Crippen LogP contribution in [-0.4, -0.2) is 36.7 Å². The van der Waals surface area contributed by atoms with Crippen molar-refractivity contribution in [3.05, 3.63) is 91.0 Å². The van der Waals surface area contributed by atoms with Gasteiger partial charge in [-0.3, -0.25) is 14.9 Å². The fourth-order valence-corrected chi connectivity index (χ4v) is 3.63. The molecule has 3 aromatic carbocycles. The lowest BCUT2D eigenvalue weighted by atomic mass is 10.2. The second-order valence-electron chi connectivity index (χ2n) is 6.89. The van der Waals surface area contributed by atoms with Crippen LogP contribution in [0, 0.1) is 13.7 Å². The van der Waals surface area contributed by atoms with E-state index >= 15 is 0 Å². The van der Waals surface area contributed by atoms with Crippen LogP contribution < -0.4 is 19.6 Å². The molecule has 0 saturated heterocycles. The predicted molar refractivity (Wildman–Crippen MR) is 136 cm³/mol. The highest BCUT2D eigenvalue weighted by atomic mass is 127. The van der Waals surface area contributed by atoms with Crippen molar-refractivity contribution < 1.29 is 28.7 Å². The maximum Gasteiger partial charge on any atom is 0.343 e. The predicted octanol–water partition coefficient (Wildman–Crippen LogP) is 4.59. The lowest BCUT2D eigenvalue weighted by Gasteiger charge is -2.13. The Balaban J connectivity index is 1.76. The molecule has 0 saturated carbocycles. The number of benzene rings is 3. The lowest BCUT2D eigenvalue weighted by Crippen LogP contribution is -2.17. The van der Waals surface area contributed by atoms with Crippen molar-refractivity contribution in [3.8, 4) is 17.2 Å². The van der Waals surface area contributed by atoms with Gasteiger partial charge < -0.3 is 14.2 Å². The second kappa shape index (κ2) is 11.9. The van der Waals surface area contributed by atoms with Gasteiger partial charge >= 0.3 is 5.97 Å². The van der Waals surface area contributed by atoms with Crippen LogP contribution in [0.1, 0.15) is 33.2 Å². The molecule has 3 aromatic rings. The molecule has 0 heterocycles. The number of amides is 1. The van der Waals surface area contributed by atoms with E-state index in [1.807, 2.05) is 22.6 Å². The summed E-state index contributed by atoms with van der Waals surface area (Å²) < 4.78 is 16.9. The number of esters is 1. The molecule has 3 rings (SSSR count). The zero-order valence-electron chi connectivity index (χ0n) is 18.7. The number of halogens is 1. The van der Waals surface area contributed by atoms with Crippen LogP contribution in [0.15, 0.2) is 65.8 Å². The Labute approximate surface area is 214 Å². The van der Waals surface area contributed by atoms with Gasteiger partial charge in [-0.15, -0.1) is 0 Å². The van der Waals surface area contributed by atoms with Crippen molar-refractivity contribution in [2.24, 2.45) is 5.10 Å². The smallest absolute Gasteiger partial charge is 0.343 e. The summed E-state index contributed by atoms with van der Waals surface area (Å²) in [6.07, 6.45) is 1.38. The fraction of sp³-hybridized carbons (Fsp3) is 0.125. The molecular formula is C24H20IN3O7. The Morgan fingerprint density at radius 3 is 2.51 bits per heavy atom. The first-order valence-electron chi connectivity index (χ1n) is 10.2. The number of hydrazone groups is 1. The Hall–Kier alpha value is -4.00. The molecule has 0 aliphatic rings. The molecular weight excluding hydrogens is 569 g/mol. The molecule has 0 bridgehead atoms. The highest BCUT2D eigenvalue weighted by Gasteiger charge is 2.17. The SMILES string of the molecule is CCOc1cc(/C=N\NC(=O)c2cccc([N+](=O)[O-])c2)cc(I)c1OC(=O)c1ccc(OC)cc1. The number of ether oxygens (including phenoxy) is 3. The number of methoxy groups -OCH3 is 1. The van der Waals surface area contributed by atoms with Crippen LogP contribution in [0.3, 0.4) is 0 Å². The zero-order chi connectivity index (χ0) is 25.4. The van der Waals surface area contributed by atoms with Gasteiger partial charge in [0.2, 0.25) is 0 Å². The number of nitro benzene ring substituents is 1. The number of carbonyl (C=O) groups is 2. The van der Waals surface area contributed by atoms with Crippen molar-refractivity contribution in [1.29, 1.82) is 0 Å². The number of carbonyl (C=O) groups excluding carboxylic acids is 2. The van der Waals surface area contributed by atoms with Gasteiger partial charge in [0, 0.05) is 17.7 Å². The molecule has 0 fully saturated rings. The van der Waals surface area contributed by atoms with Gasteiger partial charge in [-0.1, -0.05) is 6.07 Å². The monoisotopic (exact) mass is 589 g/mol. The van der Waals surface area contributed by atoms with E-state index < -0.39 is 16.8 Å². The van der Waals surface area contributed by atoms with Crippen molar-refractivity contribution in [3.63, 3.8) is 0 Å². The van der Waals surface area contributed by atoms with Gasteiger partial charge in [-0.05, 0) is 77.5 Å². The third kappa shape index (κ3) is 6.76. The van der Waals surface area contributed by atoms with E-state index in [0.717, 1.165) is 6.07 Å². The first kappa shape index (κ1) is 25.6. The molecule has 0 atom stereocenters. The Morgan fingerprint density at radius 1 is 1.11 bits per heavy atom. The highest BCUT2D eigenvalue weighted by Crippen LogP contribution is 2.34. The number of nitrogens with zero attached hydrogens (tertiary/aromatic N) is 2. The third-order valence-corrected chi connectivity index (χ3v) is 5.35. The number of nitro groups is 1. The van der Waals surface area contributed by atoms with Gasteiger partial charge in [0.25, 0.3) is 11.6 Å². The largest absolute Gasteiger partial charge is 0.497 e. The van der Waals surface area contributed by atoms with Gasteiger partial charge in [-0.2, -0.15) is 5.10 Å². The minimum Gasteiger partial charge on any atom is -0.497 e. The van der Waals surface area contributed by atoms with E-state index in [4.69, 9.17) is 14.2 Å². The minimum atomic E-state index is -0.602. The summed E-state index contributed by atoms with van der Waals surface area (Å²) in [6.45, 7) is 2.12. The normalized spacial score (nSPS) is 10.6. The summed E-state index contributed by atoms with van der Waals surface area (Å²) in [5.74, 6) is 0.0398. The zero-order valence-corrected chi connectivity index (χ0v) is 20.8. The Bertz CT molecular complexity index is 1280. The summed E-state index contributed by atoms with van der Waals surface area (Å²) in [6, 6.07) is 15.1. The standard InChI is InChI=1S/C24H20IN3O7/c1-3-34-21-12-15(14-26-27-23(29)17-5-4-6-18(13-17)28(31)32)11-20(25)22(21)35-24(30)16-7-9-19(33-2)10-8-16/h4-14H,3H2,1-2H3,(H,27,29)/b26-14-. The molecule has 0 aliphatic carbocycles. The van der Waals surface area contributed by atoms with Crippen molar-refractivity contribution in [2.45, 2.75) is 6.92 Å². The summed E-state index contributed by atoms with van der Waals surface area (Å²) in [7, 11) is 1.54. The first-order chi connectivity index (χ1) is 16.8. The second-order valence-corrected chi connectivity index (χ2v) is 8.05. The van der Waals surface area contributed by atoms with Crippen molar-refractivity contribution in [1.82, 2.24) is 5.43 Å². The quantitative estimate of drug-likeness (QED) is 0.0966. The molecule has 0 aliphatic heterocycles. The van der Waals surface area contributed by atoms with Crippen LogP contribution in [0.2, 0.25) is 0 Å². The van der Waals surface area contributed by atoms with Crippen LogP contribution in [0.5, 0.6) is 17.2 Å². The van der Waals surface area contributed by atoms with Gasteiger partial charge in [0.05, 0.1) is 34.0 Å². The van der Waals surface area contributed by atoms with E-state index in [1.54, 1.807) is 43.3 Å². The molecule has 35 heavy (non-hydrogen) atoms. The van der Waals surface area contributed by atoms with Gasteiger partial charge in [0.15, 0.2) is 11.5 Å². The lowest BCUT2D eigenvalue weighted by molar-refractivity contribution is -0.384. The molecule has 180 valence electrons. The summed E-state index contributed by atoms with van der Waals surface area (Å²) >= 11 is 2.01. The van der Waals surface area contributed by atoms with E-state index in [-0.39, 0.29) is 17.0 Å². The fourth-order valence-electron chi connectivity index (χ4n) is 2.89. The topological polar surface area (TPSA) is 129 Å². The summed E-state index contributed by atoms with van der Waals surface area (Å²) in [5.41, 5.74) is 3.15. The summed E-state index contributed by atoms with van der Waals surface area (Å²) in [5, 5.41) is 14.8. The van der Waals surface area contributed by atoms with Crippen molar-refractivity contribution in [2.75, 3.05) is 13.7 Å². The third-order valence-electron chi connectivity index (χ3n) is 4.55. The first-order valence-corrected chi connectivity index (χ1v) is 11.3. The molecule has 10 nitrogen and oxygen atoms in total. The molecule has 0 aromatic heterocycles. The Kier molecular flexibility index (Phi) is 8.73. The minimum absolute atomic E-state index is 0.0988. The molecule has 1 N–H and O–H groups in total. The average Bonchev–Trinajstić information content (AvgIpc) is 2.86. The maximum atomic E-state index is 12.6. The van der Waals surface area contributed by atoms with Gasteiger partial charge in [-0.25, -0.2) is 10.2 Å². The maximum absolute atomic E-state index is 12.6. The van der Waals surface area contributed by atoms with Crippen LogP contribution in [0.4, 0.5) is 5.69 Å². The number of non-ortho nitro benzene ring substituents is 1. The van der Waals surface area contributed by atoms with Crippen LogP contribution in [0.25, 0.3) is 0 Å². The van der Waals surface area contributed by atoms with E-state index in [2.05, 4.69) is 10.5 Å². The number of hydrogen-bond acceptors (Lipinski definition) is 8. The molecule has 0 spiro atoms. The average molecular weight is 589 g/mol. The number of rotatable bonds is 9. The molecule has 0 unspecified atom stereocenters. The van der Waals surface area contributed by atoms with E-state index in [0.29, 0.717) is 32.8 Å². The summed E-state index contributed by atoms with van der Waals surface area (Å²) in [4.78, 5) is 35.2. The highest BCUT2D eigenvalue weighted by molar-refractivity contribution is 14.1. The molecule has 11 heteroatoms. The number of hydrogen-bond donors (Lipinski definition) is 1. The van der Waals surface area contributed by atoms with E-state index in [1.165, 1.54) is 31.5 Å². The van der Waals surface area contributed by atoms with Crippen LogP contribution >= 0.6 is 22.6 Å². The molecule has 1 amide bonds. The van der Waals surface area contributed by atoms with Gasteiger partial charge in [0.1, 0.15) is 5.75 Å². The number of nitrogens with one attached hydrogen (secondary N) is 1. The Morgan fingerprint density at radius 2 is 1.86 bits per heavy atom. The van der Waals surface area contributed by atoms with Crippen LogP contribution in [-0.2, 0) is 0 Å². The van der Waals surface area contributed by atoms with Crippen molar-refractivity contribution >= 4 is 46.4 Å². The van der Waals surface area contributed by atoms with E-state index in [9.17, 15) is 19.7 Å².